The molecule has 1 N–H and O–H groups in total. The highest BCUT2D eigenvalue weighted by molar-refractivity contribution is 6.29. The number of carbonyl (C=O) groups excluding carboxylic acids is 1. The van der Waals surface area contributed by atoms with Crippen LogP contribution in [-0.4, -0.2) is 23.0 Å². The first-order chi connectivity index (χ1) is 9.51. The maximum absolute atomic E-state index is 13.7. The van der Waals surface area contributed by atoms with Crippen LogP contribution in [0, 0.1) is 12.7 Å². The fourth-order valence-electron chi connectivity index (χ4n) is 1.64. The van der Waals surface area contributed by atoms with Crippen molar-refractivity contribution in [1.29, 1.82) is 0 Å². The summed E-state index contributed by atoms with van der Waals surface area (Å²) in [5.74, 6) is -1.27. The Morgan fingerprint density at radius 3 is 2.80 bits per heavy atom. The zero-order chi connectivity index (χ0) is 14.7. The minimum absolute atomic E-state index is 0.00491. The third-order valence-electron chi connectivity index (χ3n) is 2.47. The molecule has 20 heavy (non-hydrogen) atoms. The lowest BCUT2D eigenvalue weighted by Crippen LogP contribution is -2.17. The van der Waals surface area contributed by atoms with Crippen molar-refractivity contribution < 1.29 is 13.9 Å². The molecule has 2 aromatic rings. The normalized spacial score (nSPS) is 10.2. The number of rotatable bonds is 3. The number of amides is 1. The Bertz CT molecular complexity index is 644. The fraction of sp³-hybridized carbons (Fsp3) is 0.154. The molecule has 0 saturated heterocycles. The van der Waals surface area contributed by atoms with Crippen molar-refractivity contribution in [3.63, 3.8) is 0 Å². The molecule has 1 amide bonds. The van der Waals surface area contributed by atoms with Crippen molar-refractivity contribution in [2.24, 2.45) is 0 Å². The van der Waals surface area contributed by atoms with Crippen molar-refractivity contribution >= 4 is 23.5 Å². The lowest BCUT2D eigenvalue weighted by atomic mass is 10.1. The molecule has 0 aliphatic carbocycles. The molecule has 0 aliphatic rings. The number of benzene rings is 1. The molecule has 5 nitrogen and oxygen atoms in total. The molecule has 2 rings (SSSR count). The van der Waals surface area contributed by atoms with Gasteiger partial charge in [0.25, 0.3) is 5.91 Å². The van der Waals surface area contributed by atoms with E-state index < -0.39 is 11.7 Å². The first kappa shape index (κ1) is 14.2. The summed E-state index contributed by atoms with van der Waals surface area (Å²) < 4.78 is 18.7. The molecule has 0 fully saturated rings. The van der Waals surface area contributed by atoms with Gasteiger partial charge in [0.1, 0.15) is 22.3 Å². The summed E-state index contributed by atoms with van der Waals surface area (Å²) in [6.07, 6.45) is 0. The average Bonchev–Trinajstić information content (AvgIpc) is 2.36. The van der Waals surface area contributed by atoms with E-state index in [1.165, 1.54) is 25.3 Å². The Labute approximate surface area is 119 Å². The molecule has 0 saturated carbocycles. The smallest absolute Gasteiger partial charge is 0.264 e. The topological polar surface area (TPSA) is 64.1 Å². The summed E-state index contributed by atoms with van der Waals surface area (Å²) in [4.78, 5) is 19.9. The number of aryl methyl sites for hydroxylation is 1. The molecule has 0 atom stereocenters. The lowest BCUT2D eigenvalue weighted by Gasteiger charge is -2.09. The third-order valence-corrected chi connectivity index (χ3v) is 2.66. The summed E-state index contributed by atoms with van der Waals surface area (Å²) in [5.41, 5.74) is 0.372. The van der Waals surface area contributed by atoms with Gasteiger partial charge in [0, 0.05) is 5.69 Å². The van der Waals surface area contributed by atoms with Crippen LogP contribution in [-0.2, 0) is 0 Å². The average molecular weight is 296 g/mol. The summed E-state index contributed by atoms with van der Waals surface area (Å²) in [6.45, 7) is 1.70. The molecule has 0 aliphatic heterocycles. The summed E-state index contributed by atoms with van der Waals surface area (Å²) in [7, 11) is 1.35. The molecule has 1 heterocycles. The second-order valence-corrected chi connectivity index (χ2v) is 4.31. The van der Waals surface area contributed by atoms with E-state index in [9.17, 15) is 9.18 Å². The number of halogens is 2. The minimum Gasteiger partial charge on any atom is -0.496 e. The Morgan fingerprint density at radius 1 is 1.40 bits per heavy atom. The van der Waals surface area contributed by atoms with Crippen molar-refractivity contribution in [1.82, 2.24) is 9.97 Å². The van der Waals surface area contributed by atoms with Crippen LogP contribution in [0.15, 0.2) is 24.3 Å². The molecule has 0 bridgehead atoms. The highest BCUT2D eigenvalue weighted by atomic mass is 35.5. The van der Waals surface area contributed by atoms with Crippen molar-refractivity contribution in [3.8, 4) is 5.75 Å². The molecule has 1 aromatic heterocycles. The van der Waals surface area contributed by atoms with Gasteiger partial charge in [-0.2, -0.15) is 0 Å². The number of anilines is 1. The SMILES string of the molecule is COc1cccc(F)c1C(=O)Nc1nc(C)cc(Cl)n1. The first-order valence-corrected chi connectivity index (χ1v) is 6.04. The van der Waals surface area contributed by atoms with E-state index in [-0.39, 0.29) is 22.4 Å². The van der Waals surface area contributed by atoms with E-state index in [2.05, 4.69) is 15.3 Å². The van der Waals surface area contributed by atoms with E-state index in [1.807, 2.05) is 0 Å². The number of nitrogens with one attached hydrogen (secondary N) is 1. The zero-order valence-electron chi connectivity index (χ0n) is 10.8. The number of aromatic nitrogens is 2. The van der Waals surface area contributed by atoms with E-state index >= 15 is 0 Å². The van der Waals surface area contributed by atoms with Crippen LogP contribution in [0.2, 0.25) is 5.15 Å². The highest BCUT2D eigenvalue weighted by Crippen LogP contribution is 2.22. The van der Waals surface area contributed by atoms with Crippen LogP contribution in [0.1, 0.15) is 16.1 Å². The molecular formula is C13H11ClFN3O2. The van der Waals surface area contributed by atoms with E-state index in [0.29, 0.717) is 5.69 Å². The second-order valence-electron chi connectivity index (χ2n) is 3.93. The number of hydrogen-bond acceptors (Lipinski definition) is 4. The van der Waals surface area contributed by atoms with Gasteiger partial charge in [0.2, 0.25) is 5.95 Å². The lowest BCUT2D eigenvalue weighted by molar-refractivity contribution is 0.101. The maximum atomic E-state index is 13.7. The first-order valence-electron chi connectivity index (χ1n) is 5.66. The van der Waals surface area contributed by atoms with Crippen LogP contribution in [0.5, 0.6) is 5.75 Å². The largest absolute Gasteiger partial charge is 0.496 e. The van der Waals surface area contributed by atoms with Gasteiger partial charge in [-0.15, -0.1) is 0 Å². The van der Waals surface area contributed by atoms with Gasteiger partial charge in [-0.3, -0.25) is 10.1 Å². The molecule has 0 radical (unpaired) electrons. The Balaban J connectivity index is 2.33. The van der Waals surface area contributed by atoms with E-state index in [0.717, 1.165) is 0 Å². The monoisotopic (exact) mass is 295 g/mol. The summed E-state index contributed by atoms with van der Waals surface area (Å²) in [5, 5.41) is 2.58. The highest BCUT2D eigenvalue weighted by Gasteiger charge is 2.18. The van der Waals surface area contributed by atoms with Crippen LogP contribution in [0.4, 0.5) is 10.3 Å². The predicted octanol–water partition coefficient (Wildman–Crippen LogP) is 2.84. The van der Waals surface area contributed by atoms with Gasteiger partial charge in [0.05, 0.1) is 7.11 Å². The van der Waals surface area contributed by atoms with Crippen molar-refractivity contribution in [2.45, 2.75) is 6.92 Å². The number of hydrogen-bond donors (Lipinski definition) is 1. The van der Waals surface area contributed by atoms with E-state index in [4.69, 9.17) is 16.3 Å². The van der Waals surface area contributed by atoms with Gasteiger partial charge in [-0.1, -0.05) is 17.7 Å². The van der Waals surface area contributed by atoms with Gasteiger partial charge in [0.15, 0.2) is 0 Å². The molecule has 0 unspecified atom stereocenters. The Kier molecular flexibility index (Phi) is 4.14. The third kappa shape index (κ3) is 3.03. The number of carbonyl (C=O) groups is 1. The van der Waals surface area contributed by atoms with Gasteiger partial charge in [-0.05, 0) is 25.1 Å². The molecule has 1 aromatic carbocycles. The standard InChI is InChI=1S/C13H11ClFN3O2/c1-7-6-10(14)17-13(16-7)18-12(19)11-8(15)4-3-5-9(11)20-2/h3-6H,1-2H3,(H,16,17,18,19). The maximum Gasteiger partial charge on any atom is 0.264 e. The summed E-state index contributed by atoms with van der Waals surface area (Å²) >= 11 is 5.77. The van der Waals surface area contributed by atoms with Crippen LogP contribution in [0.25, 0.3) is 0 Å². The number of nitrogens with zero attached hydrogens (tertiary/aromatic N) is 2. The number of methoxy groups -OCH3 is 1. The molecule has 0 spiro atoms. The van der Waals surface area contributed by atoms with Crippen LogP contribution in [0.3, 0.4) is 0 Å². The molecule has 7 heteroatoms. The van der Waals surface area contributed by atoms with Crippen molar-refractivity contribution in [3.05, 3.63) is 46.5 Å². The summed E-state index contributed by atoms with van der Waals surface area (Å²) in [6, 6.07) is 5.65. The quantitative estimate of drug-likeness (QED) is 0.884. The predicted molar refractivity (Wildman–Crippen MR) is 72.7 cm³/mol. The van der Waals surface area contributed by atoms with Gasteiger partial charge in [-0.25, -0.2) is 14.4 Å². The molecule has 104 valence electrons. The fourth-order valence-corrected chi connectivity index (χ4v) is 1.88. The second kappa shape index (κ2) is 5.83. The van der Waals surface area contributed by atoms with Crippen LogP contribution >= 0.6 is 11.6 Å². The van der Waals surface area contributed by atoms with E-state index in [1.54, 1.807) is 13.0 Å². The van der Waals surface area contributed by atoms with Gasteiger partial charge < -0.3 is 4.74 Å². The zero-order valence-corrected chi connectivity index (χ0v) is 11.5. The van der Waals surface area contributed by atoms with Crippen molar-refractivity contribution in [2.75, 3.05) is 12.4 Å². The minimum atomic E-state index is -0.707. The molecular weight excluding hydrogens is 285 g/mol. The Hall–Kier alpha value is -2.21. The Morgan fingerprint density at radius 2 is 2.15 bits per heavy atom. The number of ether oxygens (including phenoxy) is 1. The van der Waals surface area contributed by atoms with Crippen LogP contribution < -0.4 is 10.1 Å². The van der Waals surface area contributed by atoms with Gasteiger partial charge >= 0.3 is 0 Å².